The van der Waals surface area contributed by atoms with Crippen LogP contribution in [0, 0.1) is 0 Å². The number of carbonyl (C=O) groups is 2. The lowest BCUT2D eigenvalue weighted by molar-refractivity contribution is -0.160. The third kappa shape index (κ3) is 5.50. The van der Waals surface area contributed by atoms with Crippen molar-refractivity contribution in [2.75, 3.05) is 0 Å². The minimum atomic E-state index is -4.68. The van der Waals surface area contributed by atoms with Crippen molar-refractivity contribution in [3.05, 3.63) is 11.7 Å². The van der Waals surface area contributed by atoms with E-state index < -0.39 is 30.5 Å². The molecule has 1 aromatic heterocycles. The molecule has 0 spiro atoms. The number of nitrogens with one attached hydrogen (secondary N) is 1. The number of aromatic nitrogens is 2. The molecule has 1 amide bonds. The zero-order chi connectivity index (χ0) is 17.7. The summed E-state index contributed by atoms with van der Waals surface area (Å²) in [7, 11) is 0. The first kappa shape index (κ1) is 18.2. The minimum Gasteiger partial charge on any atom is -0.480 e. The number of amides is 1. The fourth-order valence-electron chi connectivity index (χ4n) is 2.64. The Morgan fingerprint density at radius 3 is 2.58 bits per heavy atom. The van der Waals surface area contributed by atoms with E-state index in [1.54, 1.807) is 0 Å². The van der Waals surface area contributed by atoms with Gasteiger partial charge in [-0.3, -0.25) is 4.79 Å². The summed E-state index contributed by atoms with van der Waals surface area (Å²) in [6, 6.07) is -2.01. The molecular weight excluding hydrogens is 331 g/mol. The number of carboxylic acids is 1. The van der Waals surface area contributed by atoms with Crippen LogP contribution in [0.2, 0.25) is 0 Å². The summed E-state index contributed by atoms with van der Waals surface area (Å²) in [6.07, 6.45) is -2.31. The number of nitrogens with zero attached hydrogens (tertiary/aromatic N) is 2. The number of aliphatic carboxylic acids is 1. The van der Waals surface area contributed by atoms with Crippen molar-refractivity contribution in [3.8, 4) is 0 Å². The first-order chi connectivity index (χ1) is 11.2. The monoisotopic (exact) mass is 349 g/mol. The predicted molar refractivity (Wildman–Crippen MR) is 74.1 cm³/mol. The van der Waals surface area contributed by atoms with E-state index in [-0.39, 0.29) is 24.7 Å². The largest absolute Gasteiger partial charge is 0.480 e. The summed E-state index contributed by atoms with van der Waals surface area (Å²) in [5, 5.41) is 14.4. The number of aryl methyl sites for hydroxylation is 1. The Kier molecular flexibility index (Phi) is 5.79. The molecule has 1 fully saturated rings. The van der Waals surface area contributed by atoms with Crippen LogP contribution in [0.5, 0.6) is 0 Å². The van der Waals surface area contributed by atoms with Gasteiger partial charge in [-0.25, -0.2) is 4.79 Å². The first-order valence-corrected chi connectivity index (χ1v) is 7.66. The van der Waals surface area contributed by atoms with Crippen molar-refractivity contribution in [2.24, 2.45) is 0 Å². The maximum absolute atomic E-state index is 12.3. The molecule has 134 valence electrons. The molecule has 2 rings (SSSR count). The number of hydrogen-bond donors (Lipinski definition) is 2. The molecule has 1 heterocycles. The molecule has 1 aliphatic carbocycles. The average molecular weight is 349 g/mol. The molecule has 1 atom stereocenters. The van der Waals surface area contributed by atoms with Gasteiger partial charge in [0.05, 0.1) is 6.42 Å². The van der Waals surface area contributed by atoms with Crippen LogP contribution in [-0.2, 0) is 16.0 Å². The van der Waals surface area contributed by atoms with Crippen LogP contribution in [-0.4, -0.2) is 39.3 Å². The van der Waals surface area contributed by atoms with Crippen LogP contribution in [0.15, 0.2) is 4.52 Å². The number of alkyl halides is 3. The Balaban J connectivity index is 1.82. The Bertz CT molecular complexity index is 582. The minimum absolute atomic E-state index is 0.0455. The van der Waals surface area contributed by atoms with Crippen molar-refractivity contribution < 1.29 is 32.4 Å². The van der Waals surface area contributed by atoms with Crippen LogP contribution in [0.3, 0.4) is 0 Å². The summed E-state index contributed by atoms with van der Waals surface area (Å²) in [4.78, 5) is 26.6. The Morgan fingerprint density at radius 2 is 2.00 bits per heavy atom. The van der Waals surface area contributed by atoms with E-state index in [4.69, 9.17) is 9.63 Å². The molecule has 1 aromatic rings. The van der Waals surface area contributed by atoms with Crippen molar-refractivity contribution in [3.63, 3.8) is 0 Å². The van der Waals surface area contributed by atoms with E-state index in [1.807, 2.05) is 5.32 Å². The molecule has 10 heteroatoms. The van der Waals surface area contributed by atoms with Gasteiger partial charge in [0.1, 0.15) is 6.04 Å². The Labute approximate surface area is 135 Å². The van der Waals surface area contributed by atoms with Gasteiger partial charge in [-0.15, -0.1) is 0 Å². The van der Waals surface area contributed by atoms with Gasteiger partial charge < -0.3 is 14.9 Å². The van der Waals surface area contributed by atoms with E-state index in [0.717, 1.165) is 25.7 Å². The third-order valence-corrected chi connectivity index (χ3v) is 3.84. The summed E-state index contributed by atoms with van der Waals surface area (Å²) >= 11 is 0. The molecule has 0 bridgehead atoms. The van der Waals surface area contributed by atoms with Crippen molar-refractivity contribution >= 4 is 11.9 Å². The van der Waals surface area contributed by atoms with Gasteiger partial charge in [0.25, 0.3) is 0 Å². The van der Waals surface area contributed by atoms with E-state index in [0.29, 0.717) is 5.82 Å². The zero-order valence-electron chi connectivity index (χ0n) is 12.8. The topological polar surface area (TPSA) is 105 Å². The summed E-state index contributed by atoms with van der Waals surface area (Å²) in [6.45, 7) is 0. The van der Waals surface area contributed by atoms with Crippen molar-refractivity contribution in [1.29, 1.82) is 0 Å². The molecule has 0 aromatic carbocycles. The highest BCUT2D eigenvalue weighted by molar-refractivity contribution is 5.83. The van der Waals surface area contributed by atoms with E-state index in [9.17, 15) is 22.8 Å². The summed E-state index contributed by atoms with van der Waals surface area (Å²) < 4.78 is 41.8. The number of carboxylic acid groups (broad SMARTS) is 1. The fraction of sp³-hybridized carbons (Fsp3) is 0.714. The van der Waals surface area contributed by atoms with Gasteiger partial charge in [0.2, 0.25) is 11.8 Å². The molecular formula is C14H18F3N3O4. The van der Waals surface area contributed by atoms with Crippen molar-refractivity contribution in [1.82, 2.24) is 15.5 Å². The van der Waals surface area contributed by atoms with Crippen LogP contribution in [0.1, 0.15) is 56.2 Å². The molecule has 0 saturated heterocycles. The number of halogens is 3. The van der Waals surface area contributed by atoms with Crippen LogP contribution >= 0.6 is 0 Å². The zero-order valence-corrected chi connectivity index (χ0v) is 12.8. The quantitative estimate of drug-likeness (QED) is 0.782. The SMILES string of the molecule is O=C(CCc1nc(C2CCCC2)no1)NC(CC(F)(F)F)C(=O)O. The average Bonchev–Trinajstić information content (AvgIpc) is 3.14. The fourth-order valence-corrected chi connectivity index (χ4v) is 2.64. The predicted octanol–water partition coefficient (Wildman–Crippen LogP) is 2.18. The molecule has 1 unspecified atom stereocenters. The maximum Gasteiger partial charge on any atom is 0.391 e. The lowest BCUT2D eigenvalue weighted by atomic mass is 10.1. The normalized spacial score (nSPS) is 17.0. The number of hydrogen-bond acceptors (Lipinski definition) is 5. The Morgan fingerprint density at radius 1 is 1.33 bits per heavy atom. The molecule has 0 aliphatic heterocycles. The highest BCUT2D eigenvalue weighted by Crippen LogP contribution is 2.32. The van der Waals surface area contributed by atoms with Gasteiger partial charge in [-0.2, -0.15) is 18.2 Å². The molecule has 0 radical (unpaired) electrons. The van der Waals surface area contributed by atoms with Gasteiger partial charge >= 0.3 is 12.1 Å². The van der Waals surface area contributed by atoms with Gasteiger partial charge in [0, 0.05) is 18.8 Å². The molecule has 7 nitrogen and oxygen atoms in total. The molecule has 2 N–H and O–H groups in total. The van der Waals surface area contributed by atoms with Gasteiger partial charge in [0.15, 0.2) is 5.82 Å². The second kappa shape index (κ2) is 7.63. The highest BCUT2D eigenvalue weighted by atomic mass is 19.4. The van der Waals surface area contributed by atoms with Crippen LogP contribution in [0.25, 0.3) is 0 Å². The summed E-state index contributed by atoms with van der Waals surface area (Å²) in [5.74, 6) is -1.49. The highest BCUT2D eigenvalue weighted by Gasteiger charge is 2.36. The maximum atomic E-state index is 12.3. The number of rotatable bonds is 7. The van der Waals surface area contributed by atoms with Gasteiger partial charge in [-0.05, 0) is 12.8 Å². The van der Waals surface area contributed by atoms with Gasteiger partial charge in [-0.1, -0.05) is 18.0 Å². The smallest absolute Gasteiger partial charge is 0.391 e. The summed E-state index contributed by atoms with van der Waals surface area (Å²) in [5.41, 5.74) is 0. The second-order valence-electron chi connectivity index (χ2n) is 5.81. The van der Waals surface area contributed by atoms with E-state index in [1.165, 1.54) is 0 Å². The standard InChI is InChI=1S/C14H18F3N3O4/c15-14(16,17)7-9(13(22)23)18-10(21)5-6-11-19-12(20-24-11)8-3-1-2-4-8/h8-9H,1-7H2,(H,18,21)(H,22,23). The van der Waals surface area contributed by atoms with E-state index >= 15 is 0 Å². The second-order valence-corrected chi connectivity index (χ2v) is 5.81. The van der Waals surface area contributed by atoms with E-state index in [2.05, 4.69) is 10.1 Å². The Hall–Kier alpha value is -2.13. The molecule has 1 saturated carbocycles. The number of carbonyl (C=O) groups excluding carboxylic acids is 1. The van der Waals surface area contributed by atoms with Crippen LogP contribution in [0.4, 0.5) is 13.2 Å². The third-order valence-electron chi connectivity index (χ3n) is 3.84. The lowest BCUT2D eigenvalue weighted by Gasteiger charge is -2.15. The molecule has 24 heavy (non-hydrogen) atoms. The lowest BCUT2D eigenvalue weighted by Crippen LogP contribution is -2.43. The first-order valence-electron chi connectivity index (χ1n) is 7.66. The van der Waals surface area contributed by atoms with Crippen molar-refractivity contribution in [2.45, 2.75) is 63.1 Å². The van der Waals surface area contributed by atoms with Crippen LogP contribution < -0.4 is 5.32 Å². The molecule has 1 aliphatic rings.